The van der Waals surface area contributed by atoms with Crippen molar-refractivity contribution in [2.75, 3.05) is 13.1 Å². The van der Waals surface area contributed by atoms with Gasteiger partial charge in [-0.05, 0) is 13.0 Å². The monoisotopic (exact) mass is 174 g/mol. The van der Waals surface area contributed by atoms with Crippen LogP contribution in [0.4, 0.5) is 0 Å². The second-order valence-corrected chi connectivity index (χ2v) is 2.79. The number of rotatable bonds is 7. The summed E-state index contributed by atoms with van der Waals surface area (Å²) in [5.74, 6) is -0.867. The van der Waals surface area contributed by atoms with Crippen LogP contribution in [0.25, 0.3) is 0 Å². The van der Waals surface area contributed by atoms with Crippen LogP contribution in [0.15, 0.2) is 0 Å². The lowest BCUT2D eigenvalue weighted by Crippen LogP contribution is -2.42. The molecule has 0 aromatic heterocycles. The molecule has 4 heteroatoms. The predicted octanol–water partition coefficient (Wildman–Crippen LogP) is 0.178. The van der Waals surface area contributed by atoms with E-state index < -0.39 is 12.0 Å². The largest absolute Gasteiger partial charge is 0.480 e. The van der Waals surface area contributed by atoms with Gasteiger partial charge in [0.1, 0.15) is 6.04 Å². The molecule has 12 heavy (non-hydrogen) atoms. The summed E-state index contributed by atoms with van der Waals surface area (Å²) in [6.45, 7) is 3.00. The average molecular weight is 174 g/mol. The third-order valence-corrected chi connectivity index (χ3v) is 1.70. The van der Waals surface area contributed by atoms with Gasteiger partial charge in [0.25, 0.3) is 0 Å². The normalized spacial score (nSPS) is 12.8. The number of nitrogens with two attached hydrogens (primary N) is 1. The van der Waals surface area contributed by atoms with E-state index in [-0.39, 0.29) is 6.54 Å². The van der Waals surface area contributed by atoms with E-state index in [9.17, 15) is 4.79 Å². The summed E-state index contributed by atoms with van der Waals surface area (Å²) in [6.07, 6.45) is 3.28. The summed E-state index contributed by atoms with van der Waals surface area (Å²) in [7, 11) is 0. The minimum absolute atomic E-state index is 0.154. The molecule has 1 unspecified atom stereocenters. The first-order valence-corrected chi connectivity index (χ1v) is 4.38. The van der Waals surface area contributed by atoms with E-state index in [1.54, 1.807) is 0 Å². The summed E-state index contributed by atoms with van der Waals surface area (Å²) in [6, 6.07) is -0.582. The lowest BCUT2D eigenvalue weighted by atomic mass is 10.2. The highest BCUT2D eigenvalue weighted by molar-refractivity contribution is 5.73. The predicted molar refractivity (Wildman–Crippen MR) is 48.0 cm³/mol. The van der Waals surface area contributed by atoms with Gasteiger partial charge in [-0.3, -0.25) is 4.79 Å². The Kier molecular flexibility index (Phi) is 6.70. The fourth-order valence-corrected chi connectivity index (χ4v) is 0.923. The molecule has 0 saturated carbocycles. The van der Waals surface area contributed by atoms with Crippen LogP contribution in [-0.4, -0.2) is 30.2 Å². The number of aliphatic carboxylic acids is 1. The van der Waals surface area contributed by atoms with E-state index in [0.717, 1.165) is 25.8 Å². The summed E-state index contributed by atoms with van der Waals surface area (Å²) in [5.41, 5.74) is 5.25. The molecule has 0 aliphatic carbocycles. The highest BCUT2D eigenvalue weighted by Gasteiger charge is 2.12. The van der Waals surface area contributed by atoms with Crippen molar-refractivity contribution in [1.29, 1.82) is 0 Å². The van der Waals surface area contributed by atoms with Gasteiger partial charge in [0.2, 0.25) is 0 Å². The zero-order valence-electron chi connectivity index (χ0n) is 7.55. The Balaban J connectivity index is 3.38. The zero-order valence-corrected chi connectivity index (χ0v) is 7.55. The van der Waals surface area contributed by atoms with E-state index in [1.165, 1.54) is 0 Å². The summed E-state index contributed by atoms with van der Waals surface area (Å²) in [4.78, 5) is 10.5. The number of unbranched alkanes of at least 4 members (excludes halogenated alkanes) is 2. The van der Waals surface area contributed by atoms with Gasteiger partial charge in [-0.15, -0.1) is 0 Å². The number of hydrogen-bond acceptors (Lipinski definition) is 3. The first-order valence-electron chi connectivity index (χ1n) is 4.38. The minimum Gasteiger partial charge on any atom is -0.480 e. The Labute approximate surface area is 73.1 Å². The van der Waals surface area contributed by atoms with Crippen molar-refractivity contribution in [1.82, 2.24) is 5.32 Å². The highest BCUT2D eigenvalue weighted by atomic mass is 16.4. The van der Waals surface area contributed by atoms with Crippen LogP contribution in [0.3, 0.4) is 0 Å². The van der Waals surface area contributed by atoms with Crippen LogP contribution in [-0.2, 0) is 4.79 Å². The number of carboxylic acid groups (broad SMARTS) is 1. The van der Waals surface area contributed by atoms with Crippen LogP contribution in [0.5, 0.6) is 0 Å². The van der Waals surface area contributed by atoms with Crippen molar-refractivity contribution in [3.63, 3.8) is 0 Å². The maximum atomic E-state index is 10.5. The van der Waals surface area contributed by atoms with Gasteiger partial charge in [0.05, 0.1) is 0 Å². The lowest BCUT2D eigenvalue weighted by Gasteiger charge is -2.10. The highest BCUT2D eigenvalue weighted by Crippen LogP contribution is 1.92. The van der Waals surface area contributed by atoms with E-state index >= 15 is 0 Å². The Morgan fingerprint density at radius 3 is 2.67 bits per heavy atom. The van der Waals surface area contributed by atoms with Crippen LogP contribution in [0.2, 0.25) is 0 Å². The number of nitrogens with one attached hydrogen (secondary N) is 1. The molecule has 0 fully saturated rings. The average Bonchev–Trinajstić information content (AvgIpc) is 2.04. The first kappa shape index (κ1) is 11.4. The fourth-order valence-electron chi connectivity index (χ4n) is 0.923. The van der Waals surface area contributed by atoms with Crippen LogP contribution >= 0.6 is 0 Å². The van der Waals surface area contributed by atoms with Gasteiger partial charge in [0, 0.05) is 6.54 Å². The molecule has 72 valence electrons. The maximum Gasteiger partial charge on any atom is 0.322 e. The molecule has 0 aromatic carbocycles. The molecule has 0 heterocycles. The van der Waals surface area contributed by atoms with E-state index in [1.807, 2.05) is 0 Å². The van der Waals surface area contributed by atoms with Gasteiger partial charge in [-0.1, -0.05) is 19.8 Å². The summed E-state index contributed by atoms with van der Waals surface area (Å²) in [5, 5.41) is 11.5. The molecule has 0 aliphatic heterocycles. The van der Waals surface area contributed by atoms with Gasteiger partial charge >= 0.3 is 5.97 Å². The SMILES string of the molecule is CCCCCNC(CN)C(=O)O. The van der Waals surface area contributed by atoms with E-state index in [2.05, 4.69) is 12.2 Å². The molecule has 4 N–H and O–H groups in total. The van der Waals surface area contributed by atoms with Crippen LogP contribution in [0.1, 0.15) is 26.2 Å². The summed E-state index contributed by atoms with van der Waals surface area (Å²) < 4.78 is 0. The first-order chi connectivity index (χ1) is 5.72. The Morgan fingerprint density at radius 2 is 2.25 bits per heavy atom. The van der Waals surface area contributed by atoms with Crippen molar-refractivity contribution in [3.8, 4) is 0 Å². The molecule has 0 amide bonds. The van der Waals surface area contributed by atoms with Gasteiger partial charge in [0.15, 0.2) is 0 Å². The van der Waals surface area contributed by atoms with Crippen LogP contribution in [0, 0.1) is 0 Å². The zero-order chi connectivity index (χ0) is 9.40. The summed E-state index contributed by atoms with van der Waals surface area (Å²) >= 11 is 0. The number of carboxylic acids is 1. The van der Waals surface area contributed by atoms with E-state index in [4.69, 9.17) is 10.8 Å². The topological polar surface area (TPSA) is 75.3 Å². The molecule has 0 bridgehead atoms. The second-order valence-electron chi connectivity index (χ2n) is 2.79. The molecule has 0 radical (unpaired) electrons. The van der Waals surface area contributed by atoms with Crippen molar-refractivity contribution in [3.05, 3.63) is 0 Å². The van der Waals surface area contributed by atoms with Crippen molar-refractivity contribution in [2.24, 2.45) is 5.73 Å². The fraction of sp³-hybridized carbons (Fsp3) is 0.875. The molecule has 1 atom stereocenters. The lowest BCUT2D eigenvalue weighted by molar-refractivity contribution is -0.139. The number of carbonyl (C=O) groups is 1. The maximum absolute atomic E-state index is 10.5. The third kappa shape index (κ3) is 5.09. The van der Waals surface area contributed by atoms with E-state index in [0.29, 0.717) is 0 Å². The number of hydrogen-bond donors (Lipinski definition) is 3. The molecule has 4 nitrogen and oxygen atoms in total. The third-order valence-electron chi connectivity index (χ3n) is 1.70. The molecule has 0 aromatic rings. The Morgan fingerprint density at radius 1 is 1.58 bits per heavy atom. The Hall–Kier alpha value is -0.610. The minimum atomic E-state index is -0.867. The second kappa shape index (κ2) is 7.06. The Bertz CT molecular complexity index is 128. The van der Waals surface area contributed by atoms with Crippen LogP contribution < -0.4 is 11.1 Å². The quantitative estimate of drug-likeness (QED) is 0.481. The van der Waals surface area contributed by atoms with Crippen molar-refractivity contribution in [2.45, 2.75) is 32.2 Å². The van der Waals surface area contributed by atoms with Gasteiger partial charge in [-0.2, -0.15) is 0 Å². The molecular formula is C8H18N2O2. The molecule has 0 spiro atoms. The van der Waals surface area contributed by atoms with Gasteiger partial charge < -0.3 is 16.2 Å². The van der Waals surface area contributed by atoms with Gasteiger partial charge in [-0.25, -0.2) is 0 Å². The standard InChI is InChI=1S/C8H18N2O2/c1-2-3-4-5-10-7(6-9)8(11)12/h7,10H,2-6,9H2,1H3,(H,11,12). The molecule has 0 aliphatic rings. The smallest absolute Gasteiger partial charge is 0.322 e. The van der Waals surface area contributed by atoms with Crippen molar-refractivity contribution < 1.29 is 9.90 Å². The molecule has 0 rings (SSSR count). The molecular weight excluding hydrogens is 156 g/mol. The molecule has 0 saturated heterocycles. The van der Waals surface area contributed by atoms with Crippen molar-refractivity contribution >= 4 is 5.97 Å².